The molecule has 0 amide bonds. The second kappa shape index (κ2) is 77.1. The Bertz CT molecular complexity index is 374. The van der Waals surface area contributed by atoms with Gasteiger partial charge in [0.15, 0.2) is 0 Å². The number of rotatable bonds is 5. The first-order valence-electron chi connectivity index (χ1n) is 8.45. The van der Waals surface area contributed by atoms with E-state index in [0.29, 0.717) is 0 Å². The molecule has 178 valence electrons. The summed E-state index contributed by atoms with van der Waals surface area (Å²) in [5, 5.41) is 2.89. The molecule has 0 spiro atoms. The van der Waals surface area contributed by atoms with Crippen LogP contribution in [0.5, 0.6) is 0 Å². The third kappa shape index (κ3) is 170. The van der Waals surface area contributed by atoms with Gasteiger partial charge in [-0.05, 0) is 0 Å². The molecule has 8 heteroatoms. The Balaban J connectivity index is -0.0000000319. The van der Waals surface area contributed by atoms with Crippen LogP contribution in [0, 0.1) is 19.7 Å². The van der Waals surface area contributed by atoms with Crippen molar-refractivity contribution in [3.8, 4) is 0 Å². The van der Waals surface area contributed by atoms with Crippen LogP contribution in [-0.4, -0.2) is 39.4 Å². The number of hydrogen-bond donors (Lipinski definition) is 1. The molecule has 0 saturated carbocycles. The molecule has 0 saturated heterocycles. The van der Waals surface area contributed by atoms with Crippen LogP contribution in [-0.2, 0) is 121 Å². The van der Waals surface area contributed by atoms with Crippen molar-refractivity contribution >= 4 is 25.2 Å². The first-order chi connectivity index (χ1) is 14.1. The number of hydrogen-bond acceptors (Lipinski definition) is 2. The van der Waals surface area contributed by atoms with E-state index in [2.05, 4.69) is 23.3 Å². The quantitative estimate of drug-likeness (QED) is 0.426. The Labute approximate surface area is 255 Å². The first-order valence-corrected chi connectivity index (χ1v) is 17.3. The van der Waals surface area contributed by atoms with E-state index in [9.17, 15) is 0 Å². The minimum atomic E-state index is 0.829. The molecular formula is C22H37NOW6-6. The summed E-state index contributed by atoms with van der Waals surface area (Å²) >= 11 is 8.34. The second-order valence-corrected chi connectivity index (χ2v) is 12.6. The van der Waals surface area contributed by atoms with Gasteiger partial charge in [0.2, 0.25) is 0 Å². The van der Waals surface area contributed by atoms with E-state index >= 15 is 0 Å². The van der Waals surface area contributed by atoms with Crippen molar-refractivity contribution < 1.29 is 121 Å². The molecule has 0 atom stereocenters. The number of methoxy groups -OCH3 is 1. The summed E-state index contributed by atoms with van der Waals surface area (Å²) < 4.78 is 16.3. The summed E-state index contributed by atoms with van der Waals surface area (Å²) in [5.41, 5.74) is 0. The number of nitrogens with one attached hydrogen (secondary N) is 1. The zero-order valence-electron chi connectivity index (χ0n) is 19.8. The molecule has 0 heterocycles. The van der Waals surface area contributed by atoms with Gasteiger partial charge in [0.05, 0.1) is 0 Å². The average Bonchev–Trinajstić information content (AvgIpc) is 2.77. The zero-order chi connectivity index (χ0) is 26.4. The Kier molecular flexibility index (Phi) is 138. The Hall–Kier alpha value is 2.49. The Morgan fingerprint density at radius 2 is 1.00 bits per heavy atom. The molecule has 0 unspecified atom stereocenters. The molecular weight excluding hydrogens is 1400 g/mol. The molecule has 0 rings (SSSR count). The maximum absolute atomic E-state index is 5.08. The Morgan fingerprint density at radius 1 is 0.767 bits per heavy atom. The van der Waals surface area contributed by atoms with E-state index in [1.165, 1.54) is 126 Å². The third-order valence-corrected chi connectivity index (χ3v) is 3.77. The Morgan fingerprint density at radius 3 is 1.00 bits per heavy atom. The molecule has 0 aromatic heterocycles. The maximum atomic E-state index is 5.08. The van der Waals surface area contributed by atoms with Crippen molar-refractivity contribution in [3.05, 3.63) is 38.0 Å². The number of likely N-dealkylation sites (N-methyl/N-ethyl adjacent to an activating group) is 1. The van der Waals surface area contributed by atoms with Crippen LogP contribution in [0.2, 0.25) is 0 Å². The molecule has 0 radical (unpaired) electrons. The SMILES string of the molecule is CC.CC.C[C-]=[W].C[C-]=[W].C[C-]=[W].[CH-]=C[C](=[W])NC.[CH-]=C[C](=[W])OC.[CH-]=C[C](C)=[W]. The molecule has 0 aliphatic carbocycles. The molecule has 0 bridgehead atoms. The fraction of sp³-hybridized carbons (Fsp3) is 0.455. The molecule has 0 aliphatic heterocycles. The molecule has 0 fully saturated rings. The zero-order valence-corrected chi connectivity index (χ0v) is 37.4. The van der Waals surface area contributed by atoms with E-state index in [0.717, 1.165) is 8.11 Å². The monoisotopic (exact) mass is 1430 g/mol. The van der Waals surface area contributed by atoms with Gasteiger partial charge >= 0.3 is 231 Å². The predicted molar refractivity (Wildman–Crippen MR) is 118 cm³/mol. The summed E-state index contributed by atoms with van der Waals surface area (Å²) in [6.45, 7) is 30.9. The van der Waals surface area contributed by atoms with Gasteiger partial charge in [0, 0.05) is 0 Å². The van der Waals surface area contributed by atoms with E-state index < -0.39 is 0 Å². The van der Waals surface area contributed by atoms with Crippen LogP contribution < -0.4 is 5.32 Å². The molecule has 1 N–H and O–H groups in total. The predicted octanol–water partition coefficient (Wildman–Crippen LogP) is 3.63. The van der Waals surface area contributed by atoms with Crippen molar-refractivity contribution in [2.24, 2.45) is 0 Å². The van der Waals surface area contributed by atoms with Crippen molar-refractivity contribution in [3.63, 3.8) is 0 Å². The van der Waals surface area contributed by atoms with E-state index in [-0.39, 0.29) is 0 Å². The van der Waals surface area contributed by atoms with Crippen LogP contribution in [0.25, 0.3) is 0 Å². The minimum absolute atomic E-state index is 0.829. The topological polar surface area (TPSA) is 21.3 Å². The van der Waals surface area contributed by atoms with Gasteiger partial charge in [-0.1, -0.05) is 27.7 Å². The van der Waals surface area contributed by atoms with Gasteiger partial charge in [-0.2, -0.15) is 0 Å². The van der Waals surface area contributed by atoms with Crippen LogP contribution in [0.3, 0.4) is 0 Å². The summed E-state index contributed by atoms with van der Waals surface area (Å²) in [7, 11) is 3.46. The average molecular weight is 1430 g/mol. The summed E-state index contributed by atoms with van der Waals surface area (Å²) in [5.74, 6) is 0. The first kappa shape index (κ1) is 53.7. The van der Waals surface area contributed by atoms with E-state index in [4.69, 9.17) is 19.7 Å². The second-order valence-electron chi connectivity index (χ2n) is 2.86. The summed E-state index contributed by atoms with van der Waals surface area (Å²) in [6.07, 6.45) is 4.64. The van der Waals surface area contributed by atoms with Crippen LogP contribution in [0.4, 0.5) is 0 Å². The molecule has 0 aromatic carbocycles. The van der Waals surface area contributed by atoms with Gasteiger partial charge < -0.3 is 0 Å². The van der Waals surface area contributed by atoms with Crippen molar-refractivity contribution in [2.45, 2.75) is 55.4 Å². The standard InChI is InChI=1S/C4H6N.C4H5O.C4H5.2C2H6.3C2H3.6W/c2*1-3-4-5-2;1-3-4-2;5*1-2;;;;;;/h1,3,5H,2H3;1,3H,2H3;1,3H,2H3;2*1-2H3;3*1H3;;;;;;/q3*-1;;;3*-1;;;;;;. The van der Waals surface area contributed by atoms with Crippen LogP contribution in [0.15, 0.2) is 18.2 Å². The van der Waals surface area contributed by atoms with Crippen LogP contribution >= 0.6 is 0 Å². The fourth-order valence-electron chi connectivity index (χ4n) is 0.151. The summed E-state index contributed by atoms with van der Waals surface area (Å²) in [4.78, 5) is 0. The van der Waals surface area contributed by atoms with Crippen LogP contribution in [0.1, 0.15) is 55.4 Å². The molecule has 2 nitrogen and oxygen atoms in total. The normalized spacial score (nSPS) is 5.80. The van der Waals surface area contributed by atoms with Gasteiger partial charge in [-0.3, -0.25) is 0 Å². The third-order valence-electron chi connectivity index (χ3n) is 0.970. The number of ether oxygens (including phenoxy) is 1. The molecule has 30 heavy (non-hydrogen) atoms. The fourth-order valence-corrected chi connectivity index (χ4v) is 0.151. The summed E-state index contributed by atoms with van der Waals surface area (Å²) in [6, 6.07) is 0. The van der Waals surface area contributed by atoms with Crippen molar-refractivity contribution in [2.75, 3.05) is 14.2 Å². The van der Waals surface area contributed by atoms with E-state index in [1.807, 2.05) is 62.4 Å². The van der Waals surface area contributed by atoms with Gasteiger partial charge in [-0.25, -0.2) is 0 Å². The van der Waals surface area contributed by atoms with Gasteiger partial charge in [0.1, 0.15) is 0 Å². The molecule has 0 aliphatic rings. The number of allylic oxidation sites excluding steroid dienone is 1. The van der Waals surface area contributed by atoms with Gasteiger partial charge in [-0.15, -0.1) is 0 Å². The van der Waals surface area contributed by atoms with Crippen molar-refractivity contribution in [1.29, 1.82) is 0 Å². The molecule has 0 aromatic rings. The van der Waals surface area contributed by atoms with Crippen molar-refractivity contribution in [1.82, 2.24) is 5.32 Å². The van der Waals surface area contributed by atoms with Gasteiger partial charge in [0.25, 0.3) is 0 Å². The van der Waals surface area contributed by atoms with E-state index in [1.54, 1.807) is 19.3 Å².